The molecular weight excluding hydrogens is 431 g/mol. The first-order valence-corrected chi connectivity index (χ1v) is 11.3. The maximum atomic E-state index is 14.6. The zero-order chi connectivity index (χ0) is 21.2. The average molecular weight is 447 g/mol. The number of para-hydroxylation sites is 2. The highest BCUT2D eigenvalue weighted by atomic mass is 32.2. The molecule has 152 valence electrons. The predicted octanol–water partition coefficient (Wildman–Crippen LogP) is 5.34. The van der Waals surface area contributed by atoms with Crippen LogP contribution in [0.5, 0.6) is 0 Å². The van der Waals surface area contributed by atoms with Crippen molar-refractivity contribution in [3.63, 3.8) is 0 Å². The van der Waals surface area contributed by atoms with Gasteiger partial charge in [-0.1, -0.05) is 42.1 Å². The van der Waals surface area contributed by atoms with Crippen LogP contribution in [0, 0.1) is 5.82 Å². The zero-order valence-electron chi connectivity index (χ0n) is 16.1. The summed E-state index contributed by atoms with van der Waals surface area (Å²) >= 11 is 2.86. The summed E-state index contributed by atoms with van der Waals surface area (Å²) < 4.78 is 15.9. The Morgan fingerprint density at radius 2 is 1.77 bits per heavy atom. The maximum Gasteiger partial charge on any atom is 0.266 e. The number of aromatic nitrogens is 4. The Kier molecular flexibility index (Phi) is 5.31. The van der Waals surface area contributed by atoms with Crippen LogP contribution >= 0.6 is 23.1 Å². The van der Waals surface area contributed by atoms with Gasteiger partial charge in [0.05, 0.1) is 28.0 Å². The quantitative estimate of drug-likeness (QED) is 0.270. The molecule has 3 aromatic heterocycles. The minimum atomic E-state index is -0.477. The predicted molar refractivity (Wildman–Crippen MR) is 122 cm³/mol. The molecule has 3 heterocycles. The molecule has 0 aliphatic rings. The largest absolute Gasteiger partial charge is 0.268 e. The lowest BCUT2D eigenvalue weighted by Gasteiger charge is -2.13. The number of fused-ring (bicyclic) bond motifs is 1. The molecule has 8 heteroatoms. The van der Waals surface area contributed by atoms with Crippen molar-refractivity contribution in [1.29, 1.82) is 0 Å². The van der Waals surface area contributed by atoms with Crippen LogP contribution in [-0.2, 0) is 5.75 Å². The SMILES string of the molecule is O=c1c2ccccc2nc(SCc2csc(-c3ccccn3)n2)n1-c1ccccc1F. The van der Waals surface area contributed by atoms with E-state index < -0.39 is 5.82 Å². The fourth-order valence-electron chi connectivity index (χ4n) is 3.17. The summed E-state index contributed by atoms with van der Waals surface area (Å²) in [6, 6.07) is 19.0. The first-order chi connectivity index (χ1) is 15.2. The molecule has 5 nitrogen and oxygen atoms in total. The molecule has 0 radical (unpaired) electrons. The molecule has 0 fully saturated rings. The fourth-order valence-corrected chi connectivity index (χ4v) is 4.97. The van der Waals surface area contributed by atoms with E-state index >= 15 is 0 Å². The van der Waals surface area contributed by atoms with Crippen LogP contribution in [0.4, 0.5) is 4.39 Å². The van der Waals surface area contributed by atoms with Crippen LogP contribution in [0.1, 0.15) is 5.69 Å². The molecule has 0 aliphatic carbocycles. The molecule has 5 rings (SSSR count). The van der Waals surface area contributed by atoms with Gasteiger partial charge in [-0.2, -0.15) is 0 Å². The van der Waals surface area contributed by atoms with Gasteiger partial charge in [-0.15, -0.1) is 11.3 Å². The second-order valence-electron chi connectivity index (χ2n) is 6.65. The second kappa shape index (κ2) is 8.41. The van der Waals surface area contributed by atoms with Crippen molar-refractivity contribution in [2.24, 2.45) is 0 Å². The number of nitrogens with zero attached hydrogens (tertiary/aromatic N) is 4. The maximum absolute atomic E-state index is 14.6. The highest BCUT2D eigenvalue weighted by Gasteiger charge is 2.16. The summed E-state index contributed by atoms with van der Waals surface area (Å²) in [4.78, 5) is 26.9. The van der Waals surface area contributed by atoms with Crippen molar-refractivity contribution < 1.29 is 4.39 Å². The lowest BCUT2D eigenvalue weighted by atomic mass is 10.2. The first-order valence-electron chi connectivity index (χ1n) is 9.46. The average Bonchev–Trinajstić information content (AvgIpc) is 3.28. The molecule has 0 unspecified atom stereocenters. The second-order valence-corrected chi connectivity index (χ2v) is 8.45. The Bertz CT molecular complexity index is 1430. The van der Waals surface area contributed by atoms with Gasteiger partial charge in [0.25, 0.3) is 5.56 Å². The molecule has 0 amide bonds. The molecule has 0 spiro atoms. The van der Waals surface area contributed by atoms with E-state index in [1.54, 1.807) is 42.6 Å². The van der Waals surface area contributed by atoms with Crippen LogP contribution < -0.4 is 5.56 Å². The Morgan fingerprint density at radius 3 is 2.61 bits per heavy atom. The van der Waals surface area contributed by atoms with Crippen LogP contribution in [0.25, 0.3) is 27.3 Å². The monoisotopic (exact) mass is 446 g/mol. The number of hydrogen-bond acceptors (Lipinski definition) is 6. The highest BCUT2D eigenvalue weighted by Crippen LogP contribution is 2.28. The van der Waals surface area contributed by atoms with E-state index in [9.17, 15) is 9.18 Å². The minimum absolute atomic E-state index is 0.181. The molecule has 0 N–H and O–H groups in total. The van der Waals surface area contributed by atoms with Crippen molar-refractivity contribution in [3.05, 3.63) is 100 Å². The molecular formula is C23H15FN4OS2. The van der Waals surface area contributed by atoms with Gasteiger partial charge in [0.2, 0.25) is 0 Å². The highest BCUT2D eigenvalue weighted by molar-refractivity contribution is 7.98. The number of thiazole rings is 1. The standard InChI is InChI=1S/C23H15FN4OS2/c24-17-8-2-4-11-20(17)28-22(29)16-7-1-3-9-18(16)27-23(28)31-14-15-13-30-21(26-15)19-10-5-6-12-25-19/h1-13H,14H2. The van der Waals surface area contributed by atoms with E-state index in [2.05, 4.69) is 15.0 Å². The fraction of sp³-hybridized carbons (Fsp3) is 0.0435. The van der Waals surface area contributed by atoms with E-state index in [1.165, 1.54) is 33.7 Å². The Morgan fingerprint density at radius 1 is 0.968 bits per heavy atom. The van der Waals surface area contributed by atoms with E-state index in [1.807, 2.05) is 29.6 Å². The topological polar surface area (TPSA) is 60.7 Å². The van der Waals surface area contributed by atoms with Crippen LogP contribution in [0.2, 0.25) is 0 Å². The third-order valence-corrected chi connectivity index (χ3v) is 6.51. The molecule has 0 bridgehead atoms. The lowest BCUT2D eigenvalue weighted by molar-refractivity contribution is 0.608. The number of thioether (sulfide) groups is 1. The van der Waals surface area contributed by atoms with Crippen LogP contribution in [0.15, 0.2) is 88.3 Å². The van der Waals surface area contributed by atoms with Crippen molar-refractivity contribution in [3.8, 4) is 16.4 Å². The van der Waals surface area contributed by atoms with Crippen LogP contribution in [-0.4, -0.2) is 19.5 Å². The van der Waals surface area contributed by atoms with E-state index in [4.69, 9.17) is 0 Å². The number of hydrogen-bond donors (Lipinski definition) is 0. The molecule has 0 atom stereocenters. The minimum Gasteiger partial charge on any atom is -0.268 e. The molecule has 0 saturated heterocycles. The Hall–Kier alpha value is -3.36. The number of halogens is 1. The van der Waals surface area contributed by atoms with Gasteiger partial charge in [0.15, 0.2) is 5.16 Å². The van der Waals surface area contributed by atoms with Gasteiger partial charge in [0, 0.05) is 17.3 Å². The normalized spacial score (nSPS) is 11.1. The smallest absolute Gasteiger partial charge is 0.266 e. The van der Waals surface area contributed by atoms with Gasteiger partial charge in [-0.25, -0.2) is 14.4 Å². The summed E-state index contributed by atoms with van der Waals surface area (Å²) in [6.07, 6.45) is 1.73. The Balaban J connectivity index is 1.54. The van der Waals surface area contributed by atoms with Gasteiger partial charge in [-0.05, 0) is 36.4 Å². The summed E-state index contributed by atoms with van der Waals surface area (Å²) in [5, 5.41) is 3.65. The third-order valence-electron chi connectivity index (χ3n) is 4.62. The van der Waals surface area contributed by atoms with E-state index in [-0.39, 0.29) is 11.2 Å². The summed E-state index contributed by atoms with van der Waals surface area (Å²) in [6.45, 7) is 0. The van der Waals surface area contributed by atoms with Crippen molar-refractivity contribution in [2.45, 2.75) is 10.9 Å². The first kappa shape index (κ1) is 19.6. The number of rotatable bonds is 5. The van der Waals surface area contributed by atoms with Crippen LogP contribution in [0.3, 0.4) is 0 Å². The molecule has 0 aliphatic heterocycles. The van der Waals surface area contributed by atoms with Crippen molar-refractivity contribution in [1.82, 2.24) is 19.5 Å². The molecule has 2 aromatic carbocycles. The Labute approximate surface area is 185 Å². The summed E-state index contributed by atoms with van der Waals surface area (Å²) in [5.41, 5.74) is 2.12. The molecule has 31 heavy (non-hydrogen) atoms. The van der Waals surface area contributed by atoms with Gasteiger partial charge in [0.1, 0.15) is 10.8 Å². The summed E-state index contributed by atoms with van der Waals surface area (Å²) in [7, 11) is 0. The molecule has 0 saturated carbocycles. The van der Waals surface area contributed by atoms with Gasteiger partial charge in [-0.3, -0.25) is 14.3 Å². The van der Waals surface area contributed by atoms with E-state index in [0.29, 0.717) is 21.8 Å². The number of pyridine rings is 1. The number of benzene rings is 2. The third kappa shape index (κ3) is 3.87. The summed E-state index contributed by atoms with van der Waals surface area (Å²) in [5.74, 6) is 0.0115. The van der Waals surface area contributed by atoms with E-state index in [0.717, 1.165) is 16.4 Å². The van der Waals surface area contributed by atoms with Crippen molar-refractivity contribution in [2.75, 3.05) is 0 Å². The molecule has 5 aromatic rings. The van der Waals surface area contributed by atoms with Gasteiger partial charge < -0.3 is 0 Å². The van der Waals surface area contributed by atoms with Crippen molar-refractivity contribution >= 4 is 34.0 Å². The zero-order valence-corrected chi connectivity index (χ0v) is 17.7. The van der Waals surface area contributed by atoms with Gasteiger partial charge >= 0.3 is 0 Å². The lowest BCUT2D eigenvalue weighted by Crippen LogP contribution is -2.22.